The molecule has 3 aromatic rings. The van der Waals surface area contributed by atoms with Gasteiger partial charge in [0.25, 0.3) is 0 Å². The number of benzene rings is 1. The number of nitrogens with one attached hydrogen (secondary N) is 1. The molecule has 1 fully saturated rings. The van der Waals surface area contributed by atoms with Crippen LogP contribution in [-0.2, 0) is 4.79 Å². The maximum atomic E-state index is 12.8. The number of pyridine rings is 1. The zero-order valence-electron chi connectivity index (χ0n) is 17.5. The van der Waals surface area contributed by atoms with Gasteiger partial charge in [-0.05, 0) is 60.7 Å². The molecule has 4 rings (SSSR count). The van der Waals surface area contributed by atoms with Gasteiger partial charge in [-0.2, -0.15) is 0 Å². The van der Waals surface area contributed by atoms with Crippen molar-refractivity contribution in [1.29, 1.82) is 0 Å². The van der Waals surface area contributed by atoms with Crippen molar-refractivity contribution in [2.24, 2.45) is 5.92 Å². The van der Waals surface area contributed by atoms with E-state index in [0.717, 1.165) is 42.1 Å². The zero-order chi connectivity index (χ0) is 20.9. The van der Waals surface area contributed by atoms with Crippen molar-refractivity contribution in [3.8, 4) is 11.3 Å². The van der Waals surface area contributed by atoms with Gasteiger partial charge >= 0.3 is 0 Å². The number of carbonyl (C=O) groups is 1. The average Bonchev–Trinajstić information content (AvgIpc) is 2.80. The van der Waals surface area contributed by atoms with Crippen LogP contribution >= 0.6 is 0 Å². The monoisotopic (exact) mass is 401 g/mol. The molecule has 0 aliphatic carbocycles. The molecule has 3 heterocycles. The van der Waals surface area contributed by atoms with Crippen molar-refractivity contribution in [2.75, 3.05) is 23.3 Å². The Morgan fingerprint density at radius 3 is 2.60 bits per heavy atom. The Balaban J connectivity index is 1.39. The Kier molecular flexibility index (Phi) is 6.02. The highest BCUT2D eigenvalue weighted by molar-refractivity contribution is 5.93. The molecule has 6 nitrogen and oxygen atoms in total. The first-order chi connectivity index (χ1) is 14.6. The predicted molar refractivity (Wildman–Crippen MR) is 119 cm³/mol. The number of amides is 1. The molecule has 1 aromatic carbocycles. The Bertz CT molecular complexity index is 971. The highest BCUT2D eigenvalue weighted by Crippen LogP contribution is 2.24. The molecule has 0 bridgehead atoms. The molecule has 1 amide bonds. The van der Waals surface area contributed by atoms with Gasteiger partial charge in [-0.15, -0.1) is 10.2 Å². The fourth-order valence-corrected chi connectivity index (χ4v) is 3.76. The standard InChI is InChI=1S/C24H27N5O/c1-17(2)18-7-9-21(10-8-18)26-24(30)20-6-4-14-29(16-20)23-12-11-22(27-28-23)19-5-3-13-25-15-19/h3,5,7-13,15,17,20H,4,6,14,16H2,1-2H3,(H,26,30). The van der Waals surface area contributed by atoms with Crippen LogP contribution in [-0.4, -0.2) is 34.2 Å². The van der Waals surface area contributed by atoms with E-state index in [-0.39, 0.29) is 11.8 Å². The molecule has 0 saturated carbocycles. The van der Waals surface area contributed by atoms with Crippen LogP contribution in [0.5, 0.6) is 0 Å². The smallest absolute Gasteiger partial charge is 0.229 e. The molecule has 1 unspecified atom stereocenters. The first-order valence-corrected chi connectivity index (χ1v) is 10.5. The molecular formula is C24H27N5O. The molecule has 1 aliphatic heterocycles. The van der Waals surface area contributed by atoms with E-state index < -0.39 is 0 Å². The van der Waals surface area contributed by atoms with Crippen molar-refractivity contribution in [3.63, 3.8) is 0 Å². The lowest BCUT2D eigenvalue weighted by Gasteiger charge is -2.32. The summed E-state index contributed by atoms with van der Waals surface area (Å²) in [6.45, 7) is 5.86. The van der Waals surface area contributed by atoms with Crippen molar-refractivity contribution in [3.05, 3.63) is 66.5 Å². The lowest BCUT2D eigenvalue weighted by molar-refractivity contribution is -0.120. The van der Waals surface area contributed by atoms with E-state index in [1.807, 2.05) is 36.4 Å². The molecule has 1 aliphatic rings. The molecular weight excluding hydrogens is 374 g/mol. The van der Waals surface area contributed by atoms with Gasteiger partial charge in [-0.1, -0.05) is 26.0 Å². The van der Waals surface area contributed by atoms with Gasteiger partial charge in [-0.3, -0.25) is 9.78 Å². The summed E-state index contributed by atoms with van der Waals surface area (Å²) in [6.07, 6.45) is 5.35. The molecule has 6 heteroatoms. The van der Waals surface area contributed by atoms with E-state index in [9.17, 15) is 4.79 Å². The maximum Gasteiger partial charge on any atom is 0.229 e. The highest BCUT2D eigenvalue weighted by atomic mass is 16.1. The number of rotatable bonds is 5. The summed E-state index contributed by atoms with van der Waals surface area (Å²) < 4.78 is 0. The molecule has 1 N–H and O–H groups in total. The Hall–Kier alpha value is -3.28. The van der Waals surface area contributed by atoms with Crippen LogP contribution < -0.4 is 10.2 Å². The molecule has 2 aromatic heterocycles. The fourth-order valence-electron chi connectivity index (χ4n) is 3.76. The van der Waals surface area contributed by atoms with Crippen LogP contribution in [0.15, 0.2) is 60.9 Å². The van der Waals surface area contributed by atoms with E-state index in [4.69, 9.17) is 0 Å². The van der Waals surface area contributed by atoms with E-state index in [2.05, 4.69) is 51.4 Å². The normalized spacial score (nSPS) is 16.5. The third-order valence-corrected chi connectivity index (χ3v) is 5.57. The second-order valence-corrected chi connectivity index (χ2v) is 8.07. The van der Waals surface area contributed by atoms with Crippen LogP contribution in [0.3, 0.4) is 0 Å². The minimum Gasteiger partial charge on any atom is -0.354 e. The van der Waals surface area contributed by atoms with Gasteiger partial charge < -0.3 is 10.2 Å². The van der Waals surface area contributed by atoms with Crippen molar-refractivity contribution < 1.29 is 4.79 Å². The first kappa shape index (κ1) is 20.0. The number of hydrogen-bond donors (Lipinski definition) is 1. The second-order valence-electron chi connectivity index (χ2n) is 8.07. The van der Waals surface area contributed by atoms with Gasteiger partial charge in [0, 0.05) is 36.7 Å². The number of hydrogen-bond acceptors (Lipinski definition) is 5. The first-order valence-electron chi connectivity index (χ1n) is 10.5. The molecule has 154 valence electrons. The number of carbonyl (C=O) groups excluding carboxylic acids is 1. The molecule has 0 radical (unpaired) electrons. The van der Waals surface area contributed by atoms with Gasteiger partial charge in [0.1, 0.15) is 0 Å². The van der Waals surface area contributed by atoms with E-state index in [1.165, 1.54) is 5.56 Å². The van der Waals surface area contributed by atoms with E-state index >= 15 is 0 Å². The number of aromatic nitrogens is 3. The lowest BCUT2D eigenvalue weighted by atomic mass is 9.96. The van der Waals surface area contributed by atoms with Gasteiger partial charge in [-0.25, -0.2) is 0 Å². The zero-order valence-corrected chi connectivity index (χ0v) is 17.5. The van der Waals surface area contributed by atoms with Gasteiger partial charge in [0.15, 0.2) is 5.82 Å². The number of piperidine rings is 1. The summed E-state index contributed by atoms with van der Waals surface area (Å²) in [4.78, 5) is 19.1. The van der Waals surface area contributed by atoms with Crippen molar-refractivity contribution >= 4 is 17.4 Å². The topological polar surface area (TPSA) is 71.0 Å². The van der Waals surface area contributed by atoms with Crippen LogP contribution in [0.25, 0.3) is 11.3 Å². The maximum absolute atomic E-state index is 12.8. The second kappa shape index (κ2) is 9.03. The quantitative estimate of drug-likeness (QED) is 0.681. The fraction of sp³-hybridized carbons (Fsp3) is 0.333. The highest BCUT2D eigenvalue weighted by Gasteiger charge is 2.27. The SMILES string of the molecule is CC(C)c1ccc(NC(=O)C2CCCN(c3ccc(-c4cccnc4)nn3)C2)cc1. The minimum absolute atomic E-state index is 0.0664. The third kappa shape index (κ3) is 4.64. The lowest BCUT2D eigenvalue weighted by Crippen LogP contribution is -2.41. The Labute approximate surface area is 177 Å². The van der Waals surface area contributed by atoms with Crippen molar-refractivity contribution in [1.82, 2.24) is 15.2 Å². The minimum atomic E-state index is -0.0664. The number of anilines is 2. The summed E-state index contributed by atoms with van der Waals surface area (Å²) in [5.41, 5.74) is 3.85. The molecule has 30 heavy (non-hydrogen) atoms. The average molecular weight is 402 g/mol. The van der Waals surface area contributed by atoms with Crippen molar-refractivity contribution in [2.45, 2.75) is 32.6 Å². The summed E-state index contributed by atoms with van der Waals surface area (Å²) in [5, 5.41) is 11.8. The predicted octanol–water partition coefficient (Wildman–Crippen LogP) is 4.52. The molecule has 1 atom stereocenters. The van der Waals surface area contributed by atoms with E-state index in [0.29, 0.717) is 12.5 Å². The summed E-state index contributed by atoms with van der Waals surface area (Å²) in [7, 11) is 0. The van der Waals surface area contributed by atoms with Crippen LogP contribution in [0.4, 0.5) is 11.5 Å². The summed E-state index contributed by atoms with van der Waals surface area (Å²) in [5.74, 6) is 1.29. The third-order valence-electron chi connectivity index (χ3n) is 5.57. The Morgan fingerprint density at radius 1 is 1.10 bits per heavy atom. The largest absolute Gasteiger partial charge is 0.354 e. The van der Waals surface area contributed by atoms with Gasteiger partial charge in [0.2, 0.25) is 5.91 Å². The van der Waals surface area contributed by atoms with Crippen LogP contribution in [0.1, 0.15) is 38.2 Å². The number of nitrogens with zero attached hydrogens (tertiary/aromatic N) is 4. The molecule has 1 saturated heterocycles. The van der Waals surface area contributed by atoms with E-state index in [1.54, 1.807) is 12.4 Å². The molecule has 0 spiro atoms. The summed E-state index contributed by atoms with van der Waals surface area (Å²) >= 11 is 0. The van der Waals surface area contributed by atoms with Crippen LogP contribution in [0, 0.1) is 5.92 Å². The Morgan fingerprint density at radius 2 is 1.93 bits per heavy atom. The van der Waals surface area contributed by atoms with Gasteiger partial charge in [0.05, 0.1) is 11.6 Å². The van der Waals surface area contributed by atoms with Crippen LogP contribution in [0.2, 0.25) is 0 Å². The summed E-state index contributed by atoms with van der Waals surface area (Å²) in [6, 6.07) is 15.9.